The van der Waals surface area contributed by atoms with Crippen molar-refractivity contribution in [1.29, 1.82) is 0 Å². The van der Waals surface area contributed by atoms with E-state index < -0.39 is 9.84 Å². The second kappa shape index (κ2) is 9.79. The molecule has 0 bridgehead atoms. The minimum atomic E-state index is -3.31. The van der Waals surface area contributed by atoms with Crippen LogP contribution in [0.15, 0.2) is 58.3 Å². The molecule has 6 nitrogen and oxygen atoms in total. The van der Waals surface area contributed by atoms with Crippen molar-refractivity contribution in [2.75, 3.05) is 31.2 Å². The summed E-state index contributed by atoms with van der Waals surface area (Å²) in [4.78, 5) is 6.26. The number of anilines is 1. The van der Waals surface area contributed by atoms with Crippen LogP contribution in [0.25, 0.3) is 0 Å². The Labute approximate surface area is 152 Å². The molecule has 0 atom stereocenters. The fraction of sp³-hybridized carbons (Fsp3) is 0.294. The Morgan fingerprint density at radius 1 is 1.04 bits per heavy atom. The third kappa shape index (κ3) is 7.05. The first-order chi connectivity index (χ1) is 12.0. The van der Waals surface area contributed by atoms with E-state index in [2.05, 4.69) is 5.32 Å². The van der Waals surface area contributed by atoms with Gasteiger partial charge in [-0.1, -0.05) is 17.7 Å². The summed E-state index contributed by atoms with van der Waals surface area (Å²) in [7, 11) is -3.31. The molecule has 2 aromatic carbocycles. The maximum atomic E-state index is 12.1. The predicted molar refractivity (Wildman–Crippen MR) is 99.8 cm³/mol. The number of benzene rings is 2. The maximum absolute atomic E-state index is 12.1. The van der Waals surface area contributed by atoms with E-state index >= 15 is 0 Å². The van der Waals surface area contributed by atoms with Crippen LogP contribution in [0.1, 0.15) is 5.56 Å². The van der Waals surface area contributed by atoms with E-state index in [9.17, 15) is 8.42 Å². The van der Waals surface area contributed by atoms with Crippen molar-refractivity contribution in [3.05, 3.63) is 54.1 Å². The molecule has 0 fully saturated rings. The van der Waals surface area contributed by atoms with Gasteiger partial charge in [0.25, 0.3) is 0 Å². The van der Waals surface area contributed by atoms with E-state index in [1.54, 1.807) is 12.1 Å². The second-order valence-electron chi connectivity index (χ2n) is 5.42. The molecule has 136 valence electrons. The Morgan fingerprint density at radius 3 is 2.40 bits per heavy atom. The Morgan fingerprint density at radius 2 is 1.72 bits per heavy atom. The molecule has 0 amide bonds. The molecule has 25 heavy (non-hydrogen) atoms. The molecule has 2 aromatic rings. The van der Waals surface area contributed by atoms with Crippen molar-refractivity contribution in [2.24, 2.45) is 0 Å². The number of hydrogen-bond donors (Lipinski definition) is 2. The molecule has 8 heteroatoms. The van der Waals surface area contributed by atoms with Gasteiger partial charge in [-0.15, -0.1) is 0 Å². The molecular formula is C17H22N2O4S2. The molecule has 0 saturated carbocycles. The van der Waals surface area contributed by atoms with Gasteiger partial charge in [-0.25, -0.2) is 13.3 Å². The topological polar surface area (TPSA) is 90.6 Å². The fourth-order valence-corrected chi connectivity index (χ4v) is 3.57. The number of rotatable bonds is 10. The number of sulfone groups is 1. The summed E-state index contributed by atoms with van der Waals surface area (Å²) in [6.07, 6.45) is 0. The van der Waals surface area contributed by atoms with Crippen molar-refractivity contribution in [3.63, 3.8) is 0 Å². The van der Waals surface area contributed by atoms with Crippen LogP contribution in [0.4, 0.5) is 5.69 Å². The lowest BCUT2D eigenvalue weighted by atomic mass is 10.2. The molecule has 2 rings (SSSR count). The van der Waals surface area contributed by atoms with Crippen LogP contribution in [0.3, 0.4) is 0 Å². The van der Waals surface area contributed by atoms with Gasteiger partial charge in [-0.2, -0.15) is 4.33 Å². The summed E-state index contributed by atoms with van der Waals surface area (Å²) >= 11 is 1.14. The molecule has 0 aliphatic rings. The molecule has 0 aliphatic carbocycles. The van der Waals surface area contributed by atoms with E-state index in [0.29, 0.717) is 25.4 Å². The minimum absolute atomic E-state index is 0.00981. The monoisotopic (exact) mass is 382 g/mol. The molecule has 0 spiro atoms. The maximum Gasteiger partial charge on any atom is 0.179 e. The van der Waals surface area contributed by atoms with Crippen molar-refractivity contribution in [1.82, 2.24) is 5.32 Å². The highest BCUT2D eigenvalue weighted by Gasteiger charge is 2.13. The van der Waals surface area contributed by atoms with Gasteiger partial charge >= 0.3 is 0 Å². The van der Waals surface area contributed by atoms with E-state index in [1.165, 1.54) is 17.7 Å². The van der Waals surface area contributed by atoms with Crippen molar-refractivity contribution >= 4 is 27.6 Å². The second-order valence-corrected chi connectivity index (χ2v) is 8.31. The smallest absolute Gasteiger partial charge is 0.179 e. The molecule has 0 unspecified atom stereocenters. The lowest BCUT2D eigenvalue weighted by Crippen LogP contribution is -2.26. The van der Waals surface area contributed by atoms with Crippen LogP contribution in [0.5, 0.6) is 0 Å². The highest BCUT2D eigenvalue weighted by molar-refractivity contribution is 7.94. The quantitative estimate of drug-likeness (QED) is 0.215. The Bertz CT molecular complexity index is 747. The minimum Gasteiger partial charge on any atom is -0.399 e. The molecular weight excluding hydrogens is 360 g/mol. The van der Waals surface area contributed by atoms with Gasteiger partial charge in [0.15, 0.2) is 9.84 Å². The molecule has 0 radical (unpaired) electrons. The van der Waals surface area contributed by atoms with Gasteiger partial charge in [0.1, 0.15) is 0 Å². The van der Waals surface area contributed by atoms with Crippen molar-refractivity contribution < 1.29 is 17.6 Å². The van der Waals surface area contributed by atoms with Gasteiger partial charge in [-0.3, -0.25) is 0 Å². The summed E-state index contributed by atoms with van der Waals surface area (Å²) in [5.74, 6) is 0.00981. The third-order valence-corrected chi connectivity index (χ3v) is 5.71. The first-order valence-electron chi connectivity index (χ1n) is 7.79. The highest BCUT2D eigenvalue weighted by Crippen LogP contribution is 2.19. The lowest BCUT2D eigenvalue weighted by Gasteiger charge is -2.07. The van der Waals surface area contributed by atoms with E-state index in [4.69, 9.17) is 15.0 Å². The van der Waals surface area contributed by atoms with Crippen LogP contribution in [-0.4, -0.2) is 33.9 Å². The molecule has 3 N–H and O–H groups in total. The summed E-state index contributed by atoms with van der Waals surface area (Å²) in [5, 5.41) is 3.01. The van der Waals surface area contributed by atoms with E-state index in [0.717, 1.165) is 16.9 Å². The first kappa shape index (κ1) is 19.7. The van der Waals surface area contributed by atoms with Crippen LogP contribution in [0.2, 0.25) is 0 Å². The molecule has 0 aromatic heterocycles. The van der Waals surface area contributed by atoms with Gasteiger partial charge in [-0.05, 0) is 43.3 Å². The summed E-state index contributed by atoms with van der Waals surface area (Å²) in [5.41, 5.74) is 7.28. The van der Waals surface area contributed by atoms with E-state index in [-0.39, 0.29) is 10.6 Å². The van der Waals surface area contributed by atoms with Crippen molar-refractivity contribution in [2.45, 2.75) is 16.7 Å². The summed E-state index contributed by atoms with van der Waals surface area (Å²) in [6, 6.07) is 14.1. The van der Waals surface area contributed by atoms with E-state index in [1.807, 2.05) is 31.2 Å². The van der Waals surface area contributed by atoms with Crippen LogP contribution >= 0.6 is 12.0 Å². The predicted octanol–water partition coefficient (Wildman–Crippen LogP) is 2.60. The normalized spacial score (nSPS) is 11.6. The number of nitrogen functional groups attached to an aromatic ring is 1. The van der Waals surface area contributed by atoms with Crippen molar-refractivity contribution in [3.8, 4) is 0 Å². The van der Waals surface area contributed by atoms with Gasteiger partial charge < -0.3 is 11.1 Å². The largest absolute Gasteiger partial charge is 0.399 e. The zero-order valence-corrected chi connectivity index (χ0v) is 15.6. The molecule has 0 heterocycles. The number of hydrogen-bond acceptors (Lipinski definition) is 7. The summed E-state index contributed by atoms with van der Waals surface area (Å²) in [6.45, 7) is 3.17. The zero-order chi connectivity index (χ0) is 18.1. The van der Waals surface area contributed by atoms with Crippen LogP contribution in [0, 0.1) is 6.92 Å². The fourth-order valence-electron chi connectivity index (χ4n) is 1.93. The Hall–Kier alpha value is -1.58. The van der Waals surface area contributed by atoms with Crippen LogP contribution in [-0.2, 0) is 19.1 Å². The lowest BCUT2D eigenvalue weighted by molar-refractivity contribution is -0.188. The number of nitrogens with two attached hydrogens (primary N) is 1. The Balaban J connectivity index is 1.57. The highest BCUT2D eigenvalue weighted by atomic mass is 32.2. The zero-order valence-electron chi connectivity index (χ0n) is 14.0. The number of aryl methyl sites for hydroxylation is 1. The Kier molecular flexibility index (Phi) is 7.73. The third-order valence-electron chi connectivity index (χ3n) is 3.35. The van der Waals surface area contributed by atoms with Crippen LogP contribution < -0.4 is 11.1 Å². The van der Waals surface area contributed by atoms with Gasteiger partial charge in [0, 0.05) is 23.7 Å². The average Bonchev–Trinajstić information content (AvgIpc) is 2.59. The average molecular weight is 383 g/mol. The van der Waals surface area contributed by atoms with Gasteiger partial charge in [0.2, 0.25) is 0 Å². The summed E-state index contributed by atoms with van der Waals surface area (Å²) < 4.78 is 29.3. The molecule has 0 saturated heterocycles. The molecule has 0 aliphatic heterocycles. The number of nitrogens with one attached hydrogen (secondary N) is 1. The first-order valence-corrected chi connectivity index (χ1v) is 10.2. The van der Waals surface area contributed by atoms with Gasteiger partial charge in [0.05, 0.1) is 29.3 Å². The SMILES string of the molecule is Cc1ccc(SOOCCNCCS(=O)(=O)c2ccc(N)cc2)cc1. The standard InChI is InChI=1S/C17H22N2O4S2/c1-14-2-6-16(7-3-14)24-23-22-12-10-19-11-13-25(20,21)17-8-4-15(18)5-9-17/h2-9,19H,10-13,18H2,1H3.